The molecule has 10 rings (SSSR count). The quantitative estimate of drug-likeness (QED) is 0.124. The molecule has 12 heteroatoms. The maximum atomic E-state index is 13.5. The zero-order valence-corrected chi connectivity index (χ0v) is 31.0. The third kappa shape index (κ3) is 4.23. The molecule has 0 amide bonds. The van der Waals surface area contributed by atoms with Crippen LogP contribution in [0.2, 0.25) is 0 Å². The SMILES string of the molecule is N#Cc1cc2c(cc1C#N)C(=O)C(=Cc1cc3c(s1)-c1sc4c(sc5cc(C=C6C(=O)c7cc(C#N)c(C#N)cc7C6=O)sc54)c1C31CCCCC1)C2=O. The highest BCUT2D eigenvalue weighted by Gasteiger charge is 2.48. The van der Waals surface area contributed by atoms with Gasteiger partial charge >= 0.3 is 0 Å². The first-order valence-electron chi connectivity index (χ1n) is 16.9. The van der Waals surface area contributed by atoms with Crippen LogP contribution in [0.15, 0.2) is 47.5 Å². The Morgan fingerprint density at radius 1 is 0.519 bits per heavy atom. The Morgan fingerprint density at radius 3 is 1.48 bits per heavy atom. The number of allylic oxidation sites excluding steroid dienone is 2. The average molecular weight is 771 g/mol. The van der Waals surface area contributed by atoms with E-state index in [2.05, 4.69) is 6.07 Å². The minimum absolute atomic E-state index is 0.0205. The zero-order valence-electron chi connectivity index (χ0n) is 27.7. The van der Waals surface area contributed by atoms with Crippen LogP contribution < -0.4 is 0 Å². The molecule has 4 aromatic heterocycles. The van der Waals surface area contributed by atoms with E-state index in [9.17, 15) is 40.2 Å². The van der Waals surface area contributed by atoms with Gasteiger partial charge in [-0.25, -0.2) is 0 Å². The molecule has 8 nitrogen and oxygen atoms in total. The highest BCUT2D eigenvalue weighted by molar-refractivity contribution is 7.40. The monoisotopic (exact) mass is 770 g/mol. The minimum Gasteiger partial charge on any atom is -0.288 e. The van der Waals surface area contributed by atoms with Gasteiger partial charge in [-0.15, -0.1) is 45.3 Å². The summed E-state index contributed by atoms with van der Waals surface area (Å²) in [4.78, 5) is 57.6. The number of ketones is 4. The number of hydrogen-bond acceptors (Lipinski definition) is 12. The second kappa shape index (κ2) is 11.4. The summed E-state index contributed by atoms with van der Waals surface area (Å²) in [6, 6.07) is 17.3. The molecular weight excluding hydrogens is 753 g/mol. The molecular formula is C42H18N4O4S4. The maximum absolute atomic E-state index is 13.5. The highest BCUT2D eigenvalue weighted by atomic mass is 32.1. The molecule has 54 heavy (non-hydrogen) atoms. The van der Waals surface area contributed by atoms with Crippen molar-refractivity contribution in [1.29, 1.82) is 21.0 Å². The van der Waals surface area contributed by atoms with Crippen molar-refractivity contribution in [3.05, 3.63) is 113 Å². The van der Waals surface area contributed by atoms with E-state index in [0.29, 0.717) is 0 Å². The van der Waals surface area contributed by atoms with Gasteiger partial charge in [-0.2, -0.15) is 21.0 Å². The van der Waals surface area contributed by atoms with Crippen LogP contribution in [0.5, 0.6) is 0 Å². The summed E-state index contributed by atoms with van der Waals surface area (Å²) in [6.45, 7) is 0. The molecule has 0 atom stereocenters. The number of nitriles is 4. The van der Waals surface area contributed by atoms with Gasteiger partial charge in [0.25, 0.3) is 0 Å². The highest BCUT2D eigenvalue weighted by Crippen LogP contribution is 2.65. The minimum atomic E-state index is -0.452. The van der Waals surface area contributed by atoms with Gasteiger partial charge < -0.3 is 0 Å². The number of fused-ring (bicyclic) bond motifs is 11. The van der Waals surface area contributed by atoms with E-state index in [1.807, 2.05) is 30.3 Å². The van der Waals surface area contributed by atoms with E-state index in [4.69, 9.17) is 0 Å². The number of carbonyl (C=O) groups is 4. The second-order valence-corrected chi connectivity index (χ2v) is 17.9. The van der Waals surface area contributed by atoms with Crippen LogP contribution in [0.3, 0.4) is 0 Å². The van der Waals surface area contributed by atoms with Crippen LogP contribution in [-0.2, 0) is 5.41 Å². The number of carbonyl (C=O) groups excluding carboxylic acids is 4. The topological polar surface area (TPSA) is 163 Å². The lowest BCUT2D eigenvalue weighted by molar-refractivity contribution is 0.0975. The van der Waals surface area contributed by atoms with Gasteiger partial charge in [-0.3, -0.25) is 19.2 Å². The molecule has 2 aromatic carbocycles. The Balaban J connectivity index is 1.05. The van der Waals surface area contributed by atoms with Gasteiger partial charge in [0.2, 0.25) is 0 Å². The predicted octanol–water partition coefficient (Wildman–Crippen LogP) is 9.88. The fourth-order valence-electron chi connectivity index (χ4n) is 8.53. The molecule has 254 valence electrons. The van der Waals surface area contributed by atoms with Crippen LogP contribution in [0.25, 0.3) is 40.7 Å². The van der Waals surface area contributed by atoms with Gasteiger partial charge in [-0.1, -0.05) is 19.3 Å². The Bertz CT molecular complexity index is 3000. The van der Waals surface area contributed by atoms with E-state index < -0.39 is 23.1 Å². The summed E-state index contributed by atoms with van der Waals surface area (Å²) in [5, 5.41) is 37.9. The van der Waals surface area contributed by atoms with Gasteiger partial charge in [0.1, 0.15) is 24.3 Å². The molecule has 6 aromatic rings. The second-order valence-electron chi connectivity index (χ2n) is 13.7. The fraction of sp³-hybridized carbons (Fsp3) is 0.143. The molecule has 0 radical (unpaired) electrons. The van der Waals surface area contributed by atoms with Gasteiger partial charge in [0.15, 0.2) is 23.1 Å². The molecule has 0 saturated heterocycles. The normalized spacial score (nSPS) is 16.3. The van der Waals surface area contributed by atoms with E-state index in [0.717, 1.165) is 56.1 Å². The Labute approximate surface area is 322 Å². The van der Waals surface area contributed by atoms with Crippen molar-refractivity contribution in [1.82, 2.24) is 0 Å². The fourth-order valence-corrected chi connectivity index (χ4v) is 14.3. The van der Waals surface area contributed by atoms with Crippen LogP contribution in [-0.4, -0.2) is 23.1 Å². The lowest BCUT2D eigenvalue weighted by Gasteiger charge is -2.35. The lowest BCUT2D eigenvalue weighted by Crippen LogP contribution is -2.27. The van der Waals surface area contributed by atoms with Crippen molar-refractivity contribution < 1.29 is 19.2 Å². The first-order chi connectivity index (χ1) is 26.2. The molecule has 1 fully saturated rings. The molecule has 0 bridgehead atoms. The van der Waals surface area contributed by atoms with Crippen LogP contribution in [0.4, 0.5) is 0 Å². The molecule has 4 aliphatic carbocycles. The molecule has 0 aliphatic heterocycles. The molecule has 4 heterocycles. The number of Topliss-reactive ketones (excluding diaryl/α,β-unsaturated/α-hetero) is 4. The number of hydrogen-bond donors (Lipinski definition) is 0. The van der Waals surface area contributed by atoms with Crippen LogP contribution in [0.1, 0.15) is 117 Å². The van der Waals surface area contributed by atoms with E-state index in [1.54, 1.807) is 46.2 Å². The van der Waals surface area contributed by atoms with Gasteiger partial charge in [0, 0.05) is 52.6 Å². The first kappa shape index (κ1) is 32.5. The largest absolute Gasteiger partial charge is 0.288 e. The molecule has 1 spiro atoms. The van der Waals surface area contributed by atoms with Crippen molar-refractivity contribution in [3.8, 4) is 34.0 Å². The van der Waals surface area contributed by atoms with Crippen LogP contribution >= 0.6 is 45.3 Å². The third-order valence-electron chi connectivity index (χ3n) is 11.0. The van der Waals surface area contributed by atoms with Crippen LogP contribution in [0, 0.1) is 45.3 Å². The van der Waals surface area contributed by atoms with Gasteiger partial charge in [-0.05, 0) is 67.0 Å². The number of nitrogens with zero attached hydrogens (tertiary/aromatic N) is 4. The summed E-state index contributed by atoms with van der Waals surface area (Å²) in [7, 11) is 0. The molecule has 0 N–H and O–H groups in total. The summed E-state index contributed by atoms with van der Waals surface area (Å²) >= 11 is 6.58. The molecule has 0 unspecified atom stereocenters. The average Bonchev–Trinajstić information content (AvgIpc) is 4.04. The van der Waals surface area contributed by atoms with Gasteiger partial charge in [0.05, 0.1) is 52.4 Å². The van der Waals surface area contributed by atoms with Crippen molar-refractivity contribution >= 4 is 99.4 Å². The Kier molecular flexibility index (Phi) is 6.89. The van der Waals surface area contributed by atoms with E-state index in [-0.39, 0.29) is 61.1 Å². The number of thiophene rings is 4. The Morgan fingerprint density at radius 2 is 1.00 bits per heavy atom. The first-order valence-corrected chi connectivity index (χ1v) is 20.2. The number of rotatable bonds is 2. The third-order valence-corrected chi connectivity index (χ3v) is 16.1. The summed E-state index contributed by atoms with van der Waals surface area (Å²) < 4.78 is 4.59. The maximum Gasteiger partial charge on any atom is 0.197 e. The molecule has 4 aliphatic rings. The van der Waals surface area contributed by atoms with Crippen molar-refractivity contribution in [2.75, 3.05) is 0 Å². The smallest absolute Gasteiger partial charge is 0.197 e. The van der Waals surface area contributed by atoms with E-state index in [1.165, 1.54) is 61.0 Å². The standard InChI is InChI=1S/C42H18N4O4S4/c43-14-18-6-24-25(7-19(18)15-44)34(48)28(33(24)47)10-22-12-30-37(51-22)39-32(42(30)4-2-1-3-5-42)40-41(54-39)38-31(53-40)13-23(52-38)11-29-35(49)26-8-20(16-45)21(17-46)9-27(26)36(29)50/h6-13H,1-5H2. The predicted molar refractivity (Wildman–Crippen MR) is 207 cm³/mol. The Hall–Kier alpha value is -6.12. The summed E-state index contributed by atoms with van der Waals surface area (Å²) in [5.41, 5.74) is 3.34. The summed E-state index contributed by atoms with van der Waals surface area (Å²) in [5.74, 6) is -1.79. The summed E-state index contributed by atoms with van der Waals surface area (Å²) in [6.07, 6.45) is 8.62. The van der Waals surface area contributed by atoms with Crippen molar-refractivity contribution in [2.45, 2.75) is 37.5 Å². The van der Waals surface area contributed by atoms with Crippen molar-refractivity contribution in [2.24, 2.45) is 0 Å². The van der Waals surface area contributed by atoms with E-state index >= 15 is 0 Å². The number of benzene rings is 2. The molecule has 1 saturated carbocycles. The lowest BCUT2D eigenvalue weighted by atomic mass is 9.68. The van der Waals surface area contributed by atoms with Crippen molar-refractivity contribution in [3.63, 3.8) is 0 Å². The zero-order chi connectivity index (χ0) is 37.2.